The standard InChI is InChI=1S/C23H21ClN6O2S/c1-13-17(14(2)30-22(25-13)28-23(29-30)33-3)12-20(31)26-18-6-4-5-7-19(18)27-21(32)15-8-10-16(24)11-9-15/h4-11H,12H2,1-3H3,(H,26,31)(H,27,32). The first-order valence-electron chi connectivity index (χ1n) is 10.1. The molecule has 0 aliphatic rings. The van der Waals surface area contributed by atoms with Crippen molar-refractivity contribution in [2.24, 2.45) is 0 Å². The van der Waals surface area contributed by atoms with Gasteiger partial charge in [-0.05, 0) is 56.5 Å². The number of fused-ring (bicyclic) bond motifs is 1. The van der Waals surface area contributed by atoms with Crippen LogP contribution in [-0.2, 0) is 11.2 Å². The topological polar surface area (TPSA) is 101 Å². The summed E-state index contributed by atoms with van der Waals surface area (Å²) in [5.41, 5.74) is 3.77. The fourth-order valence-corrected chi connectivity index (χ4v) is 3.85. The number of benzene rings is 2. The minimum absolute atomic E-state index is 0.106. The van der Waals surface area contributed by atoms with E-state index >= 15 is 0 Å². The summed E-state index contributed by atoms with van der Waals surface area (Å²) in [4.78, 5) is 34.4. The normalized spacial score (nSPS) is 10.9. The third-order valence-corrected chi connectivity index (χ3v) is 5.90. The van der Waals surface area contributed by atoms with Crippen LogP contribution in [0.3, 0.4) is 0 Å². The summed E-state index contributed by atoms with van der Waals surface area (Å²) in [5.74, 6) is -0.0278. The molecule has 0 unspecified atom stereocenters. The minimum atomic E-state index is -0.300. The number of nitrogens with zero attached hydrogens (tertiary/aromatic N) is 4. The second-order valence-corrected chi connectivity index (χ2v) is 8.51. The summed E-state index contributed by atoms with van der Waals surface area (Å²) in [5, 5.41) is 11.3. The van der Waals surface area contributed by atoms with Crippen LogP contribution in [0.15, 0.2) is 53.7 Å². The quantitative estimate of drug-likeness (QED) is 0.392. The average molecular weight is 481 g/mol. The summed E-state index contributed by atoms with van der Waals surface area (Å²) in [6.07, 6.45) is 2.00. The van der Waals surface area contributed by atoms with Crippen molar-refractivity contribution in [1.82, 2.24) is 19.6 Å². The molecule has 0 fully saturated rings. The van der Waals surface area contributed by atoms with Crippen molar-refractivity contribution < 1.29 is 9.59 Å². The first-order valence-corrected chi connectivity index (χ1v) is 11.7. The molecule has 2 aromatic carbocycles. The maximum Gasteiger partial charge on any atom is 0.255 e. The van der Waals surface area contributed by atoms with E-state index in [4.69, 9.17) is 11.6 Å². The van der Waals surface area contributed by atoms with Crippen LogP contribution >= 0.6 is 23.4 Å². The fraction of sp³-hybridized carbons (Fsp3) is 0.174. The molecule has 0 aliphatic heterocycles. The van der Waals surface area contributed by atoms with Gasteiger partial charge in [0.2, 0.25) is 11.1 Å². The zero-order chi connectivity index (χ0) is 23.5. The molecule has 168 valence electrons. The van der Waals surface area contributed by atoms with Crippen LogP contribution in [0.2, 0.25) is 5.02 Å². The number of aromatic nitrogens is 4. The van der Waals surface area contributed by atoms with Gasteiger partial charge < -0.3 is 10.6 Å². The van der Waals surface area contributed by atoms with Crippen LogP contribution in [-0.4, -0.2) is 37.7 Å². The van der Waals surface area contributed by atoms with Crippen LogP contribution in [0.5, 0.6) is 0 Å². The summed E-state index contributed by atoms with van der Waals surface area (Å²) in [7, 11) is 0. The van der Waals surface area contributed by atoms with E-state index < -0.39 is 0 Å². The number of thioether (sulfide) groups is 1. The Balaban J connectivity index is 1.53. The number of carbonyl (C=O) groups excluding carboxylic acids is 2. The highest BCUT2D eigenvalue weighted by Gasteiger charge is 2.17. The molecule has 2 amide bonds. The molecule has 2 aromatic heterocycles. The van der Waals surface area contributed by atoms with Gasteiger partial charge in [0.05, 0.1) is 17.8 Å². The van der Waals surface area contributed by atoms with Gasteiger partial charge in [-0.1, -0.05) is 35.5 Å². The number of aryl methyl sites for hydroxylation is 2. The Labute approximate surface area is 199 Å². The third kappa shape index (κ3) is 4.99. The smallest absolute Gasteiger partial charge is 0.255 e. The molecule has 33 heavy (non-hydrogen) atoms. The number of hydrogen-bond acceptors (Lipinski definition) is 6. The number of carbonyl (C=O) groups is 2. The van der Waals surface area contributed by atoms with Crippen LogP contribution in [0.25, 0.3) is 5.78 Å². The number of amides is 2. The number of para-hydroxylation sites is 2. The van der Waals surface area contributed by atoms with E-state index in [-0.39, 0.29) is 18.2 Å². The Bertz CT molecular complexity index is 1350. The molecular formula is C23H21ClN6O2S. The van der Waals surface area contributed by atoms with E-state index in [0.717, 1.165) is 17.0 Å². The Morgan fingerprint density at radius 1 is 1.00 bits per heavy atom. The number of hydrogen-bond donors (Lipinski definition) is 2. The molecule has 0 atom stereocenters. The van der Waals surface area contributed by atoms with E-state index in [2.05, 4.69) is 25.7 Å². The zero-order valence-corrected chi connectivity index (χ0v) is 19.8. The minimum Gasteiger partial charge on any atom is -0.324 e. The molecule has 2 heterocycles. The lowest BCUT2D eigenvalue weighted by Gasteiger charge is -2.14. The predicted molar refractivity (Wildman–Crippen MR) is 130 cm³/mol. The lowest BCUT2D eigenvalue weighted by atomic mass is 10.1. The van der Waals surface area contributed by atoms with Gasteiger partial charge in [0.1, 0.15) is 0 Å². The van der Waals surface area contributed by atoms with Crippen molar-refractivity contribution in [1.29, 1.82) is 0 Å². The van der Waals surface area contributed by atoms with Gasteiger partial charge in [0.25, 0.3) is 11.7 Å². The van der Waals surface area contributed by atoms with E-state index in [1.54, 1.807) is 53.0 Å². The highest BCUT2D eigenvalue weighted by atomic mass is 35.5. The Kier molecular flexibility index (Phi) is 6.62. The fourth-order valence-electron chi connectivity index (χ4n) is 3.38. The Morgan fingerprint density at radius 3 is 2.33 bits per heavy atom. The molecule has 10 heteroatoms. The molecule has 0 aliphatic carbocycles. The van der Waals surface area contributed by atoms with Crippen LogP contribution in [0.1, 0.15) is 27.3 Å². The third-order valence-electron chi connectivity index (χ3n) is 5.11. The predicted octanol–water partition coefficient (Wildman–Crippen LogP) is 4.55. The first-order chi connectivity index (χ1) is 15.9. The Hall–Kier alpha value is -3.43. The molecule has 2 N–H and O–H groups in total. The summed E-state index contributed by atoms with van der Waals surface area (Å²) < 4.78 is 1.65. The monoisotopic (exact) mass is 480 g/mol. The van der Waals surface area contributed by atoms with Crippen molar-refractivity contribution in [3.8, 4) is 0 Å². The largest absolute Gasteiger partial charge is 0.324 e. The maximum atomic E-state index is 12.9. The molecule has 4 aromatic rings. The van der Waals surface area contributed by atoms with Gasteiger partial charge in [-0.2, -0.15) is 4.98 Å². The van der Waals surface area contributed by atoms with Gasteiger partial charge in [0, 0.05) is 27.5 Å². The van der Waals surface area contributed by atoms with E-state index in [1.807, 2.05) is 20.1 Å². The summed E-state index contributed by atoms with van der Waals surface area (Å²) >= 11 is 7.33. The van der Waals surface area contributed by atoms with E-state index in [9.17, 15) is 9.59 Å². The van der Waals surface area contributed by atoms with Gasteiger partial charge >= 0.3 is 0 Å². The number of nitrogens with one attached hydrogen (secondary N) is 2. The van der Waals surface area contributed by atoms with Gasteiger partial charge in [-0.15, -0.1) is 5.10 Å². The second-order valence-electron chi connectivity index (χ2n) is 7.30. The van der Waals surface area contributed by atoms with Gasteiger partial charge in [-0.25, -0.2) is 9.50 Å². The summed E-state index contributed by atoms with van der Waals surface area (Å²) in [6, 6.07) is 13.6. The highest BCUT2D eigenvalue weighted by Crippen LogP contribution is 2.23. The maximum absolute atomic E-state index is 12.9. The van der Waals surface area contributed by atoms with Crippen molar-refractivity contribution in [2.75, 3.05) is 16.9 Å². The van der Waals surface area contributed by atoms with E-state index in [0.29, 0.717) is 32.9 Å². The number of anilines is 2. The number of rotatable bonds is 6. The number of halogens is 1. The lowest BCUT2D eigenvalue weighted by Crippen LogP contribution is -2.19. The van der Waals surface area contributed by atoms with Gasteiger partial charge in [-0.3, -0.25) is 9.59 Å². The molecule has 4 rings (SSSR count). The van der Waals surface area contributed by atoms with Crippen molar-refractivity contribution in [2.45, 2.75) is 25.4 Å². The summed E-state index contributed by atoms with van der Waals surface area (Å²) in [6.45, 7) is 3.74. The zero-order valence-electron chi connectivity index (χ0n) is 18.2. The average Bonchev–Trinajstić information content (AvgIpc) is 3.21. The van der Waals surface area contributed by atoms with Gasteiger partial charge in [0.15, 0.2) is 0 Å². The molecule has 0 saturated heterocycles. The Morgan fingerprint density at radius 2 is 1.67 bits per heavy atom. The molecule has 8 nitrogen and oxygen atoms in total. The molecule has 0 saturated carbocycles. The van der Waals surface area contributed by atoms with Crippen LogP contribution < -0.4 is 10.6 Å². The molecule has 0 bridgehead atoms. The van der Waals surface area contributed by atoms with Crippen LogP contribution in [0, 0.1) is 13.8 Å². The molecule has 0 radical (unpaired) electrons. The SMILES string of the molecule is CSc1nc2nc(C)c(CC(=O)Nc3ccccc3NC(=O)c3ccc(Cl)cc3)c(C)n2n1. The van der Waals surface area contributed by atoms with Crippen molar-refractivity contribution in [3.63, 3.8) is 0 Å². The van der Waals surface area contributed by atoms with E-state index in [1.165, 1.54) is 11.8 Å². The van der Waals surface area contributed by atoms with Crippen molar-refractivity contribution in [3.05, 3.63) is 76.1 Å². The molecular weight excluding hydrogens is 460 g/mol. The van der Waals surface area contributed by atoms with Crippen LogP contribution in [0.4, 0.5) is 11.4 Å². The first kappa shape index (κ1) is 22.8. The highest BCUT2D eigenvalue weighted by molar-refractivity contribution is 7.98. The van der Waals surface area contributed by atoms with Crippen molar-refractivity contribution >= 4 is 52.3 Å². The second kappa shape index (κ2) is 9.60. The molecule has 0 spiro atoms. The lowest BCUT2D eigenvalue weighted by molar-refractivity contribution is -0.115.